The van der Waals surface area contributed by atoms with E-state index in [4.69, 9.17) is 20.9 Å². The van der Waals surface area contributed by atoms with Crippen molar-refractivity contribution in [2.75, 3.05) is 46.9 Å². The van der Waals surface area contributed by atoms with Crippen molar-refractivity contribution in [1.82, 2.24) is 20.3 Å². The molecule has 2 heterocycles. The molecule has 1 fully saturated rings. The number of aromatic nitrogens is 1. The van der Waals surface area contributed by atoms with Crippen LogP contribution in [0.25, 0.3) is 0 Å². The third-order valence-corrected chi connectivity index (χ3v) is 5.24. The summed E-state index contributed by atoms with van der Waals surface area (Å²) in [5, 5.41) is 8.26. The summed E-state index contributed by atoms with van der Waals surface area (Å²) in [6.07, 6.45) is 0.827. The predicted molar refractivity (Wildman–Crippen MR) is 127 cm³/mol. The van der Waals surface area contributed by atoms with Crippen LogP contribution in [-0.4, -0.2) is 67.8 Å². The summed E-state index contributed by atoms with van der Waals surface area (Å²) in [5.41, 5.74) is 2.09. The molecule has 1 aromatic heterocycles. The molecular formula is C20H29ClIN5O2. The topological polar surface area (TPSA) is 66.1 Å². The van der Waals surface area contributed by atoms with Gasteiger partial charge in [-0.25, -0.2) is 0 Å². The molecule has 3 rings (SSSR count). The lowest BCUT2D eigenvalue weighted by Crippen LogP contribution is -2.52. The highest BCUT2D eigenvalue weighted by Gasteiger charge is 2.20. The number of aliphatic imine (C=N–C) groups is 1. The van der Waals surface area contributed by atoms with Crippen LogP contribution in [0.15, 0.2) is 33.8 Å². The van der Waals surface area contributed by atoms with Gasteiger partial charge in [0.1, 0.15) is 11.5 Å². The molecule has 1 aliphatic heterocycles. The number of aryl methyl sites for hydroxylation is 1. The van der Waals surface area contributed by atoms with Gasteiger partial charge in [-0.15, -0.1) is 24.0 Å². The van der Waals surface area contributed by atoms with E-state index in [0.29, 0.717) is 0 Å². The second-order valence-electron chi connectivity index (χ2n) is 6.87. The smallest absolute Gasteiger partial charge is 0.193 e. The van der Waals surface area contributed by atoms with Gasteiger partial charge in [0, 0.05) is 57.4 Å². The number of ether oxygens (including phenoxy) is 1. The van der Waals surface area contributed by atoms with Gasteiger partial charge in [-0.05, 0) is 31.0 Å². The zero-order valence-electron chi connectivity index (χ0n) is 17.2. The SMILES string of the molecule is CN=C(NCCc1ccc(OC)cc1Cl)N1CCN(Cc2cc(C)on2)CC1.I. The first-order chi connectivity index (χ1) is 13.6. The zero-order chi connectivity index (χ0) is 19.9. The molecule has 9 heteroatoms. The third-order valence-electron chi connectivity index (χ3n) is 4.88. The summed E-state index contributed by atoms with van der Waals surface area (Å²) in [4.78, 5) is 9.12. The fraction of sp³-hybridized carbons (Fsp3) is 0.500. The lowest BCUT2D eigenvalue weighted by atomic mass is 10.1. The molecule has 0 bridgehead atoms. The van der Waals surface area contributed by atoms with E-state index >= 15 is 0 Å². The van der Waals surface area contributed by atoms with Gasteiger partial charge in [0.05, 0.1) is 12.8 Å². The van der Waals surface area contributed by atoms with Crippen LogP contribution in [-0.2, 0) is 13.0 Å². The normalized spacial score (nSPS) is 15.2. The van der Waals surface area contributed by atoms with Gasteiger partial charge < -0.3 is 19.5 Å². The third kappa shape index (κ3) is 6.75. The van der Waals surface area contributed by atoms with Crippen molar-refractivity contribution in [3.05, 3.63) is 46.3 Å². The average molecular weight is 534 g/mol. The number of benzene rings is 1. The quantitative estimate of drug-likeness (QED) is 0.350. The van der Waals surface area contributed by atoms with E-state index in [1.807, 2.05) is 38.2 Å². The standard InChI is InChI=1S/C20H28ClN5O2.HI/c1-15-12-17(24-28-15)14-25-8-10-26(11-9-25)20(22-2)23-7-6-16-4-5-18(27-3)13-19(16)21;/h4-5,12-13H,6-11,14H2,1-3H3,(H,22,23);1H. The Morgan fingerprint density at radius 3 is 2.62 bits per heavy atom. The Bertz CT molecular complexity index is 806. The van der Waals surface area contributed by atoms with Gasteiger partial charge in [0.25, 0.3) is 0 Å². The molecule has 29 heavy (non-hydrogen) atoms. The molecule has 1 aliphatic rings. The highest BCUT2D eigenvalue weighted by molar-refractivity contribution is 14.0. The van der Waals surface area contributed by atoms with Crippen LogP contribution in [0.1, 0.15) is 17.0 Å². The summed E-state index contributed by atoms with van der Waals surface area (Å²) < 4.78 is 10.4. The highest BCUT2D eigenvalue weighted by Crippen LogP contribution is 2.22. The first kappa shape index (κ1) is 23.8. The lowest BCUT2D eigenvalue weighted by Gasteiger charge is -2.36. The molecule has 0 unspecified atom stereocenters. The maximum absolute atomic E-state index is 6.32. The molecule has 7 nitrogen and oxygen atoms in total. The van der Waals surface area contributed by atoms with Crippen molar-refractivity contribution in [2.24, 2.45) is 4.99 Å². The van der Waals surface area contributed by atoms with Crippen molar-refractivity contribution < 1.29 is 9.26 Å². The zero-order valence-corrected chi connectivity index (χ0v) is 20.2. The number of nitrogens with one attached hydrogen (secondary N) is 1. The van der Waals surface area contributed by atoms with Gasteiger partial charge in [-0.1, -0.05) is 22.8 Å². The molecule has 2 aromatic rings. The van der Waals surface area contributed by atoms with Crippen LogP contribution in [0.2, 0.25) is 5.02 Å². The Labute approximate surface area is 194 Å². The summed E-state index contributed by atoms with van der Waals surface area (Å²) in [6.45, 7) is 7.32. The number of guanidine groups is 1. The fourth-order valence-electron chi connectivity index (χ4n) is 3.34. The van der Waals surface area contributed by atoms with Gasteiger partial charge in [0.2, 0.25) is 0 Å². The number of hydrogen-bond donors (Lipinski definition) is 1. The van der Waals surface area contributed by atoms with Crippen molar-refractivity contribution in [1.29, 1.82) is 0 Å². The molecule has 160 valence electrons. The highest BCUT2D eigenvalue weighted by atomic mass is 127. The van der Waals surface area contributed by atoms with Crippen LogP contribution >= 0.6 is 35.6 Å². The van der Waals surface area contributed by atoms with Gasteiger partial charge >= 0.3 is 0 Å². The monoisotopic (exact) mass is 533 g/mol. The van der Waals surface area contributed by atoms with Crippen LogP contribution in [0.4, 0.5) is 0 Å². The number of methoxy groups -OCH3 is 1. The van der Waals surface area contributed by atoms with E-state index in [2.05, 4.69) is 25.3 Å². The first-order valence-corrected chi connectivity index (χ1v) is 9.89. The summed E-state index contributed by atoms with van der Waals surface area (Å²) in [7, 11) is 3.47. The molecule has 0 aliphatic carbocycles. The van der Waals surface area contributed by atoms with E-state index < -0.39 is 0 Å². The molecule has 0 amide bonds. The van der Waals surface area contributed by atoms with E-state index in [0.717, 1.165) is 79.4 Å². The van der Waals surface area contributed by atoms with E-state index in [1.54, 1.807) is 7.11 Å². The van der Waals surface area contributed by atoms with Crippen molar-refractivity contribution in [2.45, 2.75) is 19.9 Å². The fourth-order valence-corrected chi connectivity index (χ4v) is 3.60. The summed E-state index contributed by atoms with van der Waals surface area (Å²) in [5.74, 6) is 2.56. The number of rotatable bonds is 6. The average Bonchev–Trinajstić information content (AvgIpc) is 3.11. The van der Waals surface area contributed by atoms with E-state index in [-0.39, 0.29) is 24.0 Å². The first-order valence-electron chi connectivity index (χ1n) is 9.51. The molecular weight excluding hydrogens is 505 g/mol. The van der Waals surface area contributed by atoms with Crippen LogP contribution in [0, 0.1) is 6.92 Å². The Morgan fingerprint density at radius 2 is 2.03 bits per heavy atom. The van der Waals surface area contributed by atoms with Crippen molar-refractivity contribution >= 4 is 41.5 Å². The van der Waals surface area contributed by atoms with E-state index in [1.165, 1.54) is 0 Å². The molecule has 0 atom stereocenters. The molecule has 0 spiro atoms. The maximum atomic E-state index is 6.32. The molecule has 0 saturated carbocycles. The van der Waals surface area contributed by atoms with Crippen molar-refractivity contribution in [3.63, 3.8) is 0 Å². The minimum Gasteiger partial charge on any atom is -0.497 e. The van der Waals surface area contributed by atoms with Crippen LogP contribution in [0.3, 0.4) is 0 Å². The van der Waals surface area contributed by atoms with Gasteiger partial charge in [0.15, 0.2) is 5.96 Å². The number of hydrogen-bond acceptors (Lipinski definition) is 5. The molecule has 0 radical (unpaired) electrons. The largest absolute Gasteiger partial charge is 0.497 e. The van der Waals surface area contributed by atoms with Crippen molar-refractivity contribution in [3.8, 4) is 5.75 Å². The second-order valence-corrected chi connectivity index (χ2v) is 7.28. The van der Waals surface area contributed by atoms with Crippen LogP contribution in [0.5, 0.6) is 5.75 Å². The predicted octanol–water partition coefficient (Wildman–Crippen LogP) is 3.20. The Hall–Kier alpha value is -1.52. The maximum Gasteiger partial charge on any atom is 0.193 e. The Kier molecular flexibility index (Phi) is 9.51. The number of nitrogens with zero attached hydrogens (tertiary/aromatic N) is 4. The lowest BCUT2D eigenvalue weighted by molar-refractivity contribution is 0.169. The Balaban J connectivity index is 0.00000300. The molecule has 1 aromatic carbocycles. The van der Waals surface area contributed by atoms with E-state index in [9.17, 15) is 0 Å². The van der Waals surface area contributed by atoms with Gasteiger partial charge in [-0.2, -0.15) is 0 Å². The molecule has 1 N–H and O–H groups in total. The summed E-state index contributed by atoms with van der Waals surface area (Å²) >= 11 is 6.32. The molecule has 1 saturated heterocycles. The number of piperazine rings is 1. The minimum atomic E-state index is 0. The minimum absolute atomic E-state index is 0. The number of halogens is 2. The Morgan fingerprint density at radius 1 is 1.28 bits per heavy atom. The van der Waals surface area contributed by atoms with Gasteiger partial charge in [-0.3, -0.25) is 9.89 Å². The van der Waals surface area contributed by atoms with Crippen LogP contribution < -0.4 is 10.1 Å². The summed E-state index contributed by atoms with van der Waals surface area (Å²) in [6, 6.07) is 7.79. The second kappa shape index (κ2) is 11.6.